The van der Waals surface area contributed by atoms with Crippen molar-refractivity contribution in [3.8, 4) is 0 Å². The lowest BCUT2D eigenvalue weighted by molar-refractivity contribution is -0.106. The van der Waals surface area contributed by atoms with Crippen molar-refractivity contribution in [2.45, 2.75) is 13.8 Å². The maximum atomic E-state index is 11.2. The van der Waals surface area contributed by atoms with Crippen molar-refractivity contribution in [3.63, 3.8) is 0 Å². The average molecular weight is 312 g/mol. The van der Waals surface area contributed by atoms with Gasteiger partial charge in [-0.2, -0.15) is 0 Å². The highest BCUT2D eigenvalue weighted by Gasteiger charge is 2.14. The Morgan fingerprint density at radius 2 is 2.00 bits per heavy atom. The molecule has 0 radical (unpaired) electrons. The van der Waals surface area contributed by atoms with Crippen molar-refractivity contribution >= 4 is 44.6 Å². The highest BCUT2D eigenvalue weighted by atomic mass is 79.9. The molecule has 1 amide bonds. The maximum Gasteiger partial charge on any atom is 0.237 e. The van der Waals surface area contributed by atoms with Crippen molar-refractivity contribution in [3.05, 3.63) is 33.4 Å². The summed E-state index contributed by atoms with van der Waals surface area (Å²) in [7, 11) is 0. The fourth-order valence-electron chi connectivity index (χ4n) is 1.40. The summed E-state index contributed by atoms with van der Waals surface area (Å²) in [5, 5.41) is 2.71. The molecule has 0 saturated carbocycles. The van der Waals surface area contributed by atoms with Gasteiger partial charge in [0.15, 0.2) is 0 Å². The summed E-state index contributed by atoms with van der Waals surface area (Å²) < 4.78 is 0.873. The maximum absolute atomic E-state index is 11.2. The molecule has 0 atom stereocenters. The van der Waals surface area contributed by atoms with E-state index < -0.39 is 0 Å². The molecule has 0 unspecified atom stereocenters. The molecule has 0 N–H and O–H groups in total. The Morgan fingerprint density at radius 1 is 1.35 bits per heavy atom. The van der Waals surface area contributed by atoms with Crippen molar-refractivity contribution in [2.75, 3.05) is 4.90 Å². The van der Waals surface area contributed by atoms with E-state index in [0.29, 0.717) is 5.95 Å². The lowest BCUT2D eigenvalue weighted by atomic mass is 10.3. The van der Waals surface area contributed by atoms with Crippen LogP contribution < -0.4 is 4.90 Å². The van der Waals surface area contributed by atoms with Crippen LogP contribution in [0.4, 0.5) is 10.9 Å². The summed E-state index contributed by atoms with van der Waals surface area (Å²) in [6, 6.07) is 3.74. The Balaban J connectivity index is 2.49. The minimum absolute atomic E-state index is 0.403. The predicted molar refractivity (Wildman–Crippen MR) is 71.7 cm³/mol. The molecule has 0 aliphatic rings. The van der Waals surface area contributed by atoms with Gasteiger partial charge in [-0.05, 0) is 47.3 Å². The first-order valence-electron chi connectivity index (χ1n) is 4.92. The smallest absolute Gasteiger partial charge is 0.237 e. The lowest BCUT2D eigenvalue weighted by Crippen LogP contribution is -2.17. The Bertz CT molecular complexity index is 519. The largest absolute Gasteiger partial charge is 0.278 e. The third-order valence-electron chi connectivity index (χ3n) is 2.24. The number of nitrogens with zero attached hydrogens (tertiary/aromatic N) is 3. The number of hydrogen-bond acceptors (Lipinski definition) is 4. The molecule has 2 aromatic rings. The van der Waals surface area contributed by atoms with Crippen LogP contribution in [0.25, 0.3) is 0 Å². The van der Waals surface area contributed by atoms with Gasteiger partial charge in [0.25, 0.3) is 0 Å². The number of hydrogen-bond donors (Lipinski definition) is 0. The van der Waals surface area contributed by atoms with Crippen molar-refractivity contribution < 1.29 is 4.79 Å². The van der Waals surface area contributed by atoms with E-state index in [2.05, 4.69) is 25.9 Å². The molecule has 0 fully saturated rings. The van der Waals surface area contributed by atoms with E-state index in [-0.39, 0.29) is 0 Å². The highest BCUT2D eigenvalue weighted by molar-refractivity contribution is 9.10. The van der Waals surface area contributed by atoms with E-state index >= 15 is 0 Å². The van der Waals surface area contributed by atoms with Crippen molar-refractivity contribution in [1.29, 1.82) is 0 Å². The van der Waals surface area contributed by atoms with Crippen LogP contribution in [-0.4, -0.2) is 16.4 Å². The molecule has 0 bridgehead atoms. The van der Waals surface area contributed by atoms with Crippen LogP contribution in [0, 0.1) is 13.8 Å². The van der Waals surface area contributed by atoms with E-state index in [0.717, 1.165) is 27.3 Å². The molecular formula is C11H10BrN3OS. The van der Waals surface area contributed by atoms with Gasteiger partial charge in [0.1, 0.15) is 5.00 Å². The first-order chi connectivity index (χ1) is 8.13. The number of aryl methyl sites for hydroxylation is 2. The second kappa shape index (κ2) is 4.93. The van der Waals surface area contributed by atoms with Gasteiger partial charge in [-0.1, -0.05) is 0 Å². The predicted octanol–water partition coefficient (Wildman–Crippen LogP) is 3.21. The number of carbonyl (C=O) groups is 1. The Morgan fingerprint density at radius 3 is 2.47 bits per heavy atom. The molecule has 17 heavy (non-hydrogen) atoms. The lowest BCUT2D eigenvalue weighted by Gasteiger charge is -2.14. The normalized spacial score (nSPS) is 10.3. The standard InChI is InChI=1S/C11H10BrN3OS/c1-7-10(12)8(2)14-11(13-7)15(6-16)9-4-3-5-17-9/h3-6H,1-2H3. The minimum Gasteiger partial charge on any atom is -0.278 e. The summed E-state index contributed by atoms with van der Waals surface area (Å²) in [4.78, 5) is 21.2. The summed E-state index contributed by atoms with van der Waals surface area (Å²) in [6.45, 7) is 3.75. The van der Waals surface area contributed by atoms with Gasteiger partial charge in [0.2, 0.25) is 12.4 Å². The van der Waals surface area contributed by atoms with Crippen LogP contribution in [0.1, 0.15) is 11.4 Å². The number of amides is 1. The molecule has 2 rings (SSSR count). The molecule has 0 aromatic carbocycles. The summed E-state index contributed by atoms with van der Waals surface area (Å²) in [5.41, 5.74) is 1.63. The van der Waals surface area contributed by atoms with E-state index in [1.165, 1.54) is 16.2 Å². The van der Waals surface area contributed by atoms with Crippen LogP contribution in [0.5, 0.6) is 0 Å². The number of halogens is 1. The first-order valence-corrected chi connectivity index (χ1v) is 6.59. The van der Waals surface area contributed by atoms with Crippen LogP contribution in [0.15, 0.2) is 22.0 Å². The average Bonchev–Trinajstić information content (AvgIpc) is 2.80. The molecule has 0 aliphatic carbocycles. The Labute approximate surface area is 111 Å². The second-order valence-electron chi connectivity index (χ2n) is 3.44. The van der Waals surface area contributed by atoms with E-state index in [4.69, 9.17) is 0 Å². The van der Waals surface area contributed by atoms with Gasteiger partial charge in [-0.3, -0.25) is 4.79 Å². The monoisotopic (exact) mass is 311 g/mol. The first kappa shape index (κ1) is 12.2. The summed E-state index contributed by atoms with van der Waals surface area (Å²) in [6.07, 6.45) is 0.730. The third-order valence-corrected chi connectivity index (χ3v) is 4.25. The molecule has 0 saturated heterocycles. The second-order valence-corrected chi connectivity index (χ2v) is 5.15. The van der Waals surface area contributed by atoms with Gasteiger partial charge in [0.05, 0.1) is 15.9 Å². The fourth-order valence-corrected chi connectivity index (χ4v) is 2.27. The van der Waals surface area contributed by atoms with E-state index in [9.17, 15) is 4.79 Å². The quantitative estimate of drug-likeness (QED) is 0.818. The van der Waals surface area contributed by atoms with Crippen LogP contribution >= 0.6 is 27.3 Å². The van der Waals surface area contributed by atoms with Crippen molar-refractivity contribution in [1.82, 2.24) is 9.97 Å². The molecular weight excluding hydrogens is 302 g/mol. The number of anilines is 2. The summed E-state index contributed by atoms with van der Waals surface area (Å²) >= 11 is 4.87. The van der Waals surface area contributed by atoms with Crippen LogP contribution in [-0.2, 0) is 4.79 Å². The van der Waals surface area contributed by atoms with Gasteiger partial charge in [-0.25, -0.2) is 14.9 Å². The molecule has 0 spiro atoms. The Hall–Kier alpha value is -1.27. The minimum atomic E-state index is 0.403. The number of carbonyl (C=O) groups excluding carboxylic acids is 1. The zero-order valence-corrected chi connectivity index (χ0v) is 11.7. The molecule has 6 heteroatoms. The molecule has 2 aromatic heterocycles. The molecule has 0 aliphatic heterocycles. The molecule has 2 heterocycles. The van der Waals surface area contributed by atoms with Gasteiger partial charge < -0.3 is 0 Å². The van der Waals surface area contributed by atoms with E-state index in [1.807, 2.05) is 31.4 Å². The van der Waals surface area contributed by atoms with E-state index in [1.54, 1.807) is 0 Å². The third kappa shape index (κ3) is 2.37. The topological polar surface area (TPSA) is 46.1 Å². The van der Waals surface area contributed by atoms with Crippen LogP contribution in [0.2, 0.25) is 0 Å². The van der Waals surface area contributed by atoms with Gasteiger partial charge in [0, 0.05) is 0 Å². The van der Waals surface area contributed by atoms with Crippen LogP contribution in [0.3, 0.4) is 0 Å². The number of rotatable bonds is 3. The number of aromatic nitrogens is 2. The molecule has 88 valence electrons. The molecule has 4 nitrogen and oxygen atoms in total. The zero-order valence-electron chi connectivity index (χ0n) is 9.35. The zero-order chi connectivity index (χ0) is 12.4. The summed E-state index contributed by atoms with van der Waals surface area (Å²) in [5.74, 6) is 0.403. The Kier molecular flexibility index (Phi) is 3.54. The SMILES string of the molecule is Cc1nc(N(C=O)c2cccs2)nc(C)c1Br. The van der Waals surface area contributed by atoms with Gasteiger partial charge >= 0.3 is 0 Å². The van der Waals surface area contributed by atoms with Crippen molar-refractivity contribution in [2.24, 2.45) is 0 Å². The fraction of sp³-hybridized carbons (Fsp3) is 0.182. The number of thiophene rings is 1. The van der Waals surface area contributed by atoms with Gasteiger partial charge in [-0.15, -0.1) is 11.3 Å². The highest BCUT2D eigenvalue weighted by Crippen LogP contribution is 2.27.